The monoisotopic (exact) mass is 370 g/mol. The molecular weight excluding hydrogens is 352 g/mol. The zero-order valence-electron chi connectivity index (χ0n) is 14.4. The molecule has 0 fully saturated rings. The lowest BCUT2D eigenvalue weighted by molar-refractivity contribution is -0.146. The van der Waals surface area contributed by atoms with Crippen LogP contribution in [0.25, 0.3) is 16.3 Å². The Kier molecular flexibility index (Phi) is 5.43. The highest BCUT2D eigenvalue weighted by molar-refractivity contribution is 7.16. The van der Waals surface area contributed by atoms with Crippen molar-refractivity contribution in [2.75, 3.05) is 6.61 Å². The van der Waals surface area contributed by atoms with Crippen molar-refractivity contribution in [3.05, 3.63) is 53.4 Å². The van der Waals surface area contributed by atoms with E-state index in [1.807, 2.05) is 24.3 Å². The Hall–Kier alpha value is -3.00. The van der Waals surface area contributed by atoms with E-state index in [9.17, 15) is 9.59 Å². The van der Waals surface area contributed by atoms with Crippen LogP contribution in [0.2, 0.25) is 0 Å². The van der Waals surface area contributed by atoms with Crippen molar-refractivity contribution < 1.29 is 14.3 Å². The standard InChI is InChI=1S/C18H18N4O3S/c1-3-25-17(24)12(2)22-14-6-4-5-7-15(14)26-18(22)21-16(23)9-8-13-10-19-11-20-13/h4-12H,3H2,1-2H3,(H,19,20)/b9-8+,21-18-. The normalized spacial score (nSPS) is 13.4. The van der Waals surface area contributed by atoms with E-state index >= 15 is 0 Å². The molecule has 134 valence electrons. The highest BCUT2D eigenvalue weighted by Gasteiger charge is 2.20. The number of aromatic amines is 1. The van der Waals surface area contributed by atoms with Crippen molar-refractivity contribution in [1.29, 1.82) is 0 Å². The lowest BCUT2D eigenvalue weighted by Gasteiger charge is -2.13. The molecule has 2 heterocycles. The molecule has 1 aromatic carbocycles. The van der Waals surface area contributed by atoms with Crippen molar-refractivity contribution in [3.63, 3.8) is 0 Å². The summed E-state index contributed by atoms with van der Waals surface area (Å²) >= 11 is 1.35. The van der Waals surface area contributed by atoms with E-state index in [0.29, 0.717) is 17.1 Å². The number of ether oxygens (including phenoxy) is 1. The zero-order valence-corrected chi connectivity index (χ0v) is 15.2. The molecule has 1 atom stereocenters. The highest BCUT2D eigenvalue weighted by atomic mass is 32.1. The third-order valence-electron chi connectivity index (χ3n) is 3.68. The van der Waals surface area contributed by atoms with Gasteiger partial charge in [-0.15, -0.1) is 0 Å². The number of para-hydroxylation sites is 1. The maximum atomic E-state index is 12.2. The van der Waals surface area contributed by atoms with Gasteiger partial charge < -0.3 is 14.3 Å². The lowest BCUT2D eigenvalue weighted by atomic mass is 10.3. The average Bonchev–Trinajstić information content (AvgIpc) is 3.26. The highest BCUT2D eigenvalue weighted by Crippen LogP contribution is 2.21. The molecule has 0 spiro atoms. The summed E-state index contributed by atoms with van der Waals surface area (Å²) in [6, 6.07) is 7.02. The van der Waals surface area contributed by atoms with Gasteiger partial charge in [-0.05, 0) is 32.1 Å². The number of fused-ring (bicyclic) bond motifs is 1. The van der Waals surface area contributed by atoms with Gasteiger partial charge in [0.1, 0.15) is 6.04 Å². The van der Waals surface area contributed by atoms with Gasteiger partial charge in [0, 0.05) is 6.08 Å². The van der Waals surface area contributed by atoms with E-state index < -0.39 is 11.9 Å². The molecule has 0 radical (unpaired) electrons. The van der Waals surface area contributed by atoms with E-state index in [0.717, 1.165) is 10.2 Å². The lowest BCUT2D eigenvalue weighted by Crippen LogP contribution is -2.27. The number of benzene rings is 1. The first-order valence-corrected chi connectivity index (χ1v) is 8.93. The van der Waals surface area contributed by atoms with Crippen LogP contribution < -0.4 is 4.80 Å². The Labute approximate surface area is 153 Å². The maximum absolute atomic E-state index is 12.2. The number of nitrogens with zero attached hydrogens (tertiary/aromatic N) is 3. The molecule has 0 bridgehead atoms. The third-order valence-corrected chi connectivity index (χ3v) is 4.71. The smallest absolute Gasteiger partial charge is 0.328 e. The second-order valence-corrected chi connectivity index (χ2v) is 6.45. The second-order valence-electron chi connectivity index (χ2n) is 5.44. The maximum Gasteiger partial charge on any atom is 0.328 e. The average molecular weight is 370 g/mol. The Morgan fingerprint density at radius 1 is 1.42 bits per heavy atom. The SMILES string of the molecule is CCOC(=O)C(C)n1/c(=N/C(=O)/C=C/c2cnc[nH]2)sc2ccccc21. The van der Waals surface area contributed by atoms with Crippen LogP contribution in [0.3, 0.4) is 0 Å². The predicted molar refractivity (Wildman–Crippen MR) is 99.4 cm³/mol. The number of hydrogen-bond donors (Lipinski definition) is 1. The first-order chi connectivity index (χ1) is 12.6. The number of amides is 1. The molecule has 3 aromatic rings. The molecule has 1 N–H and O–H groups in total. The molecule has 26 heavy (non-hydrogen) atoms. The van der Waals surface area contributed by atoms with Gasteiger partial charge in [0.15, 0.2) is 4.80 Å². The predicted octanol–water partition coefficient (Wildman–Crippen LogP) is 2.69. The summed E-state index contributed by atoms with van der Waals surface area (Å²) in [5, 5.41) is 0. The number of H-pyrrole nitrogens is 1. The number of carbonyl (C=O) groups excluding carboxylic acids is 2. The minimum atomic E-state index is -0.589. The van der Waals surface area contributed by atoms with Gasteiger partial charge in [-0.1, -0.05) is 23.5 Å². The minimum absolute atomic E-state index is 0.296. The topological polar surface area (TPSA) is 89.3 Å². The van der Waals surface area contributed by atoms with Gasteiger partial charge in [-0.25, -0.2) is 9.78 Å². The van der Waals surface area contributed by atoms with Crippen molar-refractivity contribution in [1.82, 2.24) is 14.5 Å². The number of nitrogens with one attached hydrogen (secondary N) is 1. The summed E-state index contributed by atoms with van der Waals surface area (Å²) in [6.07, 6.45) is 6.09. The Morgan fingerprint density at radius 3 is 2.96 bits per heavy atom. The van der Waals surface area contributed by atoms with E-state index in [1.165, 1.54) is 23.7 Å². The number of rotatable bonds is 5. The molecule has 0 aliphatic heterocycles. The largest absolute Gasteiger partial charge is 0.464 e. The van der Waals surface area contributed by atoms with Gasteiger partial charge in [-0.2, -0.15) is 4.99 Å². The Morgan fingerprint density at radius 2 is 2.23 bits per heavy atom. The Bertz CT molecular complexity index is 1010. The number of thiazole rings is 1. The van der Waals surface area contributed by atoms with Crippen molar-refractivity contribution in [2.24, 2.45) is 4.99 Å². The fourth-order valence-electron chi connectivity index (χ4n) is 2.46. The van der Waals surface area contributed by atoms with Crippen molar-refractivity contribution in [3.8, 4) is 0 Å². The van der Waals surface area contributed by atoms with E-state index in [-0.39, 0.29) is 5.97 Å². The molecule has 2 aromatic heterocycles. The first-order valence-electron chi connectivity index (χ1n) is 8.12. The van der Waals surface area contributed by atoms with Crippen LogP contribution in [-0.2, 0) is 14.3 Å². The van der Waals surface area contributed by atoms with Gasteiger partial charge in [-0.3, -0.25) is 4.79 Å². The van der Waals surface area contributed by atoms with Crippen LogP contribution in [0.1, 0.15) is 25.6 Å². The molecule has 1 unspecified atom stereocenters. The molecule has 0 saturated heterocycles. The molecule has 1 amide bonds. The number of hydrogen-bond acceptors (Lipinski definition) is 5. The summed E-state index contributed by atoms with van der Waals surface area (Å²) in [7, 11) is 0. The molecule has 3 rings (SSSR count). The Balaban J connectivity index is 2.03. The van der Waals surface area contributed by atoms with Crippen molar-refractivity contribution in [2.45, 2.75) is 19.9 Å². The summed E-state index contributed by atoms with van der Waals surface area (Å²) in [6.45, 7) is 3.79. The minimum Gasteiger partial charge on any atom is -0.464 e. The van der Waals surface area contributed by atoms with Gasteiger partial charge in [0.25, 0.3) is 5.91 Å². The van der Waals surface area contributed by atoms with E-state index in [4.69, 9.17) is 4.74 Å². The number of carbonyl (C=O) groups is 2. The fraction of sp³-hybridized carbons (Fsp3) is 0.222. The molecular formula is C18H18N4O3S. The molecule has 8 heteroatoms. The van der Waals surface area contributed by atoms with Crippen LogP contribution >= 0.6 is 11.3 Å². The van der Waals surface area contributed by atoms with Crippen LogP contribution in [0, 0.1) is 0 Å². The van der Waals surface area contributed by atoms with E-state index in [2.05, 4.69) is 15.0 Å². The van der Waals surface area contributed by atoms with Crippen LogP contribution in [0.15, 0.2) is 47.9 Å². The molecule has 0 aliphatic carbocycles. The molecule has 7 nitrogen and oxygen atoms in total. The number of imidazole rings is 1. The first kappa shape index (κ1) is 17.8. The van der Waals surface area contributed by atoms with Crippen molar-refractivity contribution >= 4 is 39.5 Å². The quantitative estimate of drug-likeness (QED) is 0.552. The van der Waals surface area contributed by atoms with Crippen LogP contribution in [-0.4, -0.2) is 33.0 Å². The fourth-order valence-corrected chi connectivity index (χ4v) is 3.57. The molecule has 0 saturated carbocycles. The summed E-state index contributed by atoms with van der Waals surface area (Å²) < 4.78 is 7.80. The molecule has 0 aliphatic rings. The summed E-state index contributed by atoms with van der Waals surface area (Å²) in [5.74, 6) is -0.783. The van der Waals surface area contributed by atoms with Gasteiger partial charge in [0.05, 0.1) is 35.0 Å². The second kappa shape index (κ2) is 7.92. The third kappa shape index (κ3) is 3.80. The van der Waals surface area contributed by atoms with Gasteiger partial charge >= 0.3 is 5.97 Å². The number of aromatic nitrogens is 3. The zero-order chi connectivity index (χ0) is 18.5. The summed E-state index contributed by atoms with van der Waals surface area (Å²) in [5.41, 5.74) is 1.54. The van der Waals surface area contributed by atoms with Gasteiger partial charge in [0.2, 0.25) is 0 Å². The number of esters is 1. The van der Waals surface area contributed by atoms with E-state index in [1.54, 1.807) is 30.7 Å². The summed E-state index contributed by atoms with van der Waals surface area (Å²) in [4.78, 5) is 35.8. The van der Waals surface area contributed by atoms with Crippen LogP contribution in [0.5, 0.6) is 0 Å². The van der Waals surface area contributed by atoms with Crippen LogP contribution in [0.4, 0.5) is 0 Å².